The van der Waals surface area contributed by atoms with Crippen LogP contribution in [0.4, 0.5) is 0 Å². The highest BCUT2D eigenvalue weighted by molar-refractivity contribution is 5.97. The van der Waals surface area contributed by atoms with Crippen LogP contribution in [0, 0.1) is 11.3 Å². The van der Waals surface area contributed by atoms with Gasteiger partial charge >= 0.3 is 0 Å². The Balaban J connectivity index is 1.84. The fraction of sp³-hybridized carbons (Fsp3) is 0.438. The van der Waals surface area contributed by atoms with Gasteiger partial charge in [0.2, 0.25) is 5.91 Å². The van der Waals surface area contributed by atoms with E-state index in [-0.39, 0.29) is 17.7 Å². The van der Waals surface area contributed by atoms with E-state index in [1.165, 1.54) is 6.92 Å². The number of Topliss-reactive ketones (excluding diaryl/α,β-unsaturated/α-hetero) is 1. The Kier molecular flexibility index (Phi) is 5.07. The van der Waals surface area contributed by atoms with Gasteiger partial charge in [-0.05, 0) is 25.0 Å². The molecule has 1 aromatic rings. The van der Waals surface area contributed by atoms with Crippen LogP contribution in [0.1, 0.15) is 35.7 Å². The number of amides is 1. The lowest BCUT2D eigenvalue weighted by Crippen LogP contribution is -2.45. The summed E-state index contributed by atoms with van der Waals surface area (Å²) in [7, 11) is 0. The second kappa shape index (κ2) is 7.00. The van der Waals surface area contributed by atoms with Gasteiger partial charge in [-0.15, -0.1) is 0 Å². The first-order valence-corrected chi connectivity index (χ1v) is 7.11. The van der Waals surface area contributed by atoms with Gasteiger partial charge in [0.15, 0.2) is 5.78 Å². The number of carbonyl (C=O) groups is 2. The lowest BCUT2D eigenvalue weighted by Gasteiger charge is -2.31. The molecule has 1 fully saturated rings. The van der Waals surface area contributed by atoms with Gasteiger partial charge in [0.05, 0.1) is 18.2 Å². The van der Waals surface area contributed by atoms with Crippen LogP contribution in [0.15, 0.2) is 24.3 Å². The molecule has 1 N–H and O–H groups in total. The van der Waals surface area contributed by atoms with Gasteiger partial charge in [0, 0.05) is 31.6 Å². The highest BCUT2D eigenvalue weighted by Gasteiger charge is 2.21. The Morgan fingerprint density at radius 3 is 2.43 bits per heavy atom. The molecule has 1 saturated heterocycles. The number of nitrogens with one attached hydrogen (secondary N) is 1. The van der Waals surface area contributed by atoms with E-state index in [1.807, 2.05) is 6.07 Å². The average Bonchev–Trinajstić information content (AvgIpc) is 2.49. The smallest absolute Gasteiger partial charge is 0.217 e. The van der Waals surface area contributed by atoms with Crippen molar-refractivity contribution in [3.8, 4) is 6.07 Å². The van der Waals surface area contributed by atoms with Crippen molar-refractivity contribution in [3.63, 3.8) is 0 Å². The Bertz CT molecular complexity index is 552. The Labute approximate surface area is 124 Å². The molecule has 0 radical (unpaired) electrons. The van der Waals surface area contributed by atoms with Crippen molar-refractivity contribution >= 4 is 11.7 Å². The number of hydrogen-bond donors (Lipinski definition) is 1. The minimum atomic E-state index is 0.00195. The molecule has 1 amide bonds. The number of nitriles is 1. The molecule has 0 atom stereocenters. The fourth-order valence-corrected chi connectivity index (χ4v) is 2.55. The minimum absolute atomic E-state index is 0.00195. The highest BCUT2D eigenvalue weighted by Crippen LogP contribution is 2.12. The summed E-state index contributed by atoms with van der Waals surface area (Å²) in [6.45, 7) is 3.54. The van der Waals surface area contributed by atoms with Crippen molar-refractivity contribution in [3.05, 3.63) is 35.4 Å². The first-order chi connectivity index (χ1) is 10.1. The van der Waals surface area contributed by atoms with E-state index in [1.54, 1.807) is 24.3 Å². The zero-order valence-corrected chi connectivity index (χ0v) is 12.1. The van der Waals surface area contributed by atoms with E-state index in [9.17, 15) is 9.59 Å². The molecule has 0 saturated carbocycles. The third-order valence-electron chi connectivity index (χ3n) is 3.70. The number of nitrogens with zero attached hydrogens (tertiary/aromatic N) is 2. The standard InChI is InChI=1S/C16H19N3O2/c1-12(20)18-15-6-8-19(9-7-15)11-16(21)14-4-2-13(10-17)3-5-14/h2-5,15H,6-9,11H2,1H3,(H,18,20). The molecule has 1 aliphatic heterocycles. The summed E-state index contributed by atoms with van der Waals surface area (Å²) < 4.78 is 0. The number of benzene rings is 1. The monoisotopic (exact) mass is 285 g/mol. The quantitative estimate of drug-likeness (QED) is 0.847. The topological polar surface area (TPSA) is 73.2 Å². The van der Waals surface area contributed by atoms with Crippen molar-refractivity contribution < 1.29 is 9.59 Å². The highest BCUT2D eigenvalue weighted by atomic mass is 16.1. The van der Waals surface area contributed by atoms with Gasteiger partial charge in [-0.3, -0.25) is 14.5 Å². The molecule has 0 aromatic heterocycles. The van der Waals surface area contributed by atoms with Gasteiger partial charge in [-0.25, -0.2) is 0 Å². The van der Waals surface area contributed by atoms with Crippen LogP contribution in [-0.4, -0.2) is 42.3 Å². The molecular weight excluding hydrogens is 266 g/mol. The molecular formula is C16H19N3O2. The molecule has 1 heterocycles. The maximum absolute atomic E-state index is 12.2. The van der Waals surface area contributed by atoms with Crippen molar-refractivity contribution in [2.75, 3.05) is 19.6 Å². The van der Waals surface area contributed by atoms with Crippen molar-refractivity contribution in [1.29, 1.82) is 5.26 Å². The molecule has 21 heavy (non-hydrogen) atoms. The van der Waals surface area contributed by atoms with Crippen LogP contribution in [0.5, 0.6) is 0 Å². The summed E-state index contributed by atoms with van der Waals surface area (Å²) in [5.41, 5.74) is 1.20. The van der Waals surface area contributed by atoms with Gasteiger partial charge < -0.3 is 5.32 Å². The van der Waals surface area contributed by atoms with E-state index in [0.717, 1.165) is 25.9 Å². The Hall–Kier alpha value is -2.19. The average molecular weight is 285 g/mol. The first-order valence-electron chi connectivity index (χ1n) is 7.11. The van der Waals surface area contributed by atoms with Crippen molar-refractivity contribution in [1.82, 2.24) is 10.2 Å². The molecule has 0 aliphatic carbocycles. The van der Waals surface area contributed by atoms with Crippen LogP contribution in [-0.2, 0) is 4.79 Å². The van der Waals surface area contributed by atoms with Crippen LogP contribution in [0.25, 0.3) is 0 Å². The summed E-state index contributed by atoms with van der Waals surface area (Å²) in [6, 6.07) is 8.99. The SMILES string of the molecule is CC(=O)NC1CCN(CC(=O)c2ccc(C#N)cc2)CC1. The Morgan fingerprint density at radius 2 is 1.90 bits per heavy atom. The number of likely N-dealkylation sites (tertiary alicyclic amines) is 1. The third kappa shape index (κ3) is 4.40. The summed E-state index contributed by atoms with van der Waals surface area (Å²) in [5, 5.41) is 11.7. The first kappa shape index (κ1) is 15.2. The van der Waals surface area contributed by atoms with E-state index in [4.69, 9.17) is 5.26 Å². The zero-order valence-electron chi connectivity index (χ0n) is 12.1. The van der Waals surface area contributed by atoms with Crippen LogP contribution >= 0.6 is 0 Å². The molecule has 0 bridgehead atoms. The minimum Gasteiger partial charge on any atom is -0.354 e. The second-order valence-corrected chi connectivity index (χ2v) is 5.36. The molecule has 5 nitrogen and oxygen atoms in total. The Morgan fingerprint density at radius 1 is 1.29 bits per heavy atom. The third-order valence-corrected chi connectivity index (χ3v) is 3.70. The van der Waals surface area contributed by atoms with Gasteiger partial charge in [-0.2, -0.15) is 5.26 Å². The largest absolute Gasteiger partial charge is 0.354 e. The zero-order chi connectivity index (χ0) is 15.2. The number of rotatable bonds is 4. The van der Waals surface area contributed by atoms with Crippen LogP contribution in [0.2, 0.25) is 0 Å². The van der Waals surface area contributed by atoms with E-state index in [2.05, 4.69) is 10.2 Å². The normalized spacial score (nSPS) is 16.2. The predicted octanol–water partition coefficient (Wildman–Crippen LogP) is 1.34. The summed E-state index contributed by atoms with van der Waals surface area (Å²) in [6.07, 6.45) is 1.75. The maximum Gasteiger partial charge on any atom is 0.217 e. The fourth-order valence-electron chi connectivity index (χ4n) is 2.55. The molecule has 1 aromatic carbocycles. The summed E-state index contributed by atoms with van der Waals surface area (Å²) in [4.78, 5) is 25.3. The van der Waals surface area contributed by atoms with Crippen LogP contribution in [0.3, 0.4) is 0 Å². The van der Waals surface area contributed by atoms with E-state index in [0.29, 0.717) is 17.7 Å². The van der Waals surface area contributed by atoms with E-state index >= 15 is 0 Å². The molecule has 110 valence electrons. The van der Waals surface area contributed by atoms with Gasteiger partial charge in [0.1, 0.15) is 0 Å². The van der Waals surface area contributed by atoms with Crippen molar-refractivity contribution in [2.45, 2.75) is 25.8 Å². The van der Waals surface area contributed by atoms with Gasteiger partial charge in [0.25, 0.3) is 0 Å². The number of piperidine rings is 1. The van der Waals surface area contributed by atoms with Crippen LogP contribution < -0.4 is 5.32 Å². The number of carbonyl (C=O) groups excluding carboxylic acids is 2. The lowest BCUT2D eigenvalue weighted by atomic mass is 10.0. The summed E-state index contributed by atoms with van der Waals surface area (Å²) in [5.74, 6) is 0.0691. The molecule has 1 aliphatic rings. The second-order valence-electron chi connectivity index (χ2n) is 5.36. The van der Waals surface area contributed by atoms with E-state index < -0.39 is 0 Å². The van der Waals surface area contributed by atoms with Gasteiger partial charge in [-0.1, -0.05) is 12.1 Å². The summed E-state index contributed by atoms with van der Waals surface area (Å²) >= 11 is 0. The van der Waals surface area contributed by atoms with Crippen molar-refractivity contribution in [2.24, 2.45) is 0 Å². The molecule has 0 unspecified atom stereocenters. The number of ketones is 1. The molecule has 5 heteroatoms. The number of hydrogen-bond acceptors (Lipinski definition) is 4. The predicted molar refractivity (Wildman–Crippen MR) is 78.8 cm³/mol. The molecule has 0 spiro atoms. The lowest BCUT2D eigenvalue weighted by molar-refractivity contribution is -0.119. The molecule has 2 rings (SSSR count). The maximum atomic E-state index is 12.2.